The monoisotopic (exact) mass is 234 g/mol. The first kappa shape index (κ1) is 10.8. The predicted octanol–water partition coefficient (Wildman–Crippen LogP) is 0.444. The van der Waals surface area contributed by atoms with Gasteiger partial charge in [-0.1, -0.05) is 0 Å². The number of anilines is 1. The van der Waals surface area contributed by atoms with Gasteiger partial charge >= 0.3 is 0 Å². The first-order chi connectivity index (χ1) is 8.33. The van der Waals surface area contributed by atoms with Crippen molar-refractivity contribution in [2.24, 2.45) is 0 Å². The average Bonchev–Trinajstić information content (AvgIpc) is 2.66. The Morgan fingerprint density at radius 3 is 3.06 bits per heavy atom. The summed E-state index contributed by atoms with van der Waals surface area (Å²) in [6.45, 7) is 4.49. The third kappa shape index (κ3) is 2.20. The predicted molar refractivity (Wildman–Crippen MR) is 66.3 cm³/mol. The summed E-state index contributed by atoms with van der Waals surface area (Å²) in [6, 6.07) is 2.31. The van der Waals surface area contributed by atoms with Crippen LogP contribution in [-0.4, -0.2) is 47.3 Å². The van der Waals surface area contributed by atoms with Crippen LogP contribution < -0.4 is 10.5 Å². The molecule has 1 unspecified atom stereocenters. The summed E-state index contributed by atoms with van der Waals surface area (Å²) in [5, 5.41) is 6.31. The van der Waals surface area contributed by atoms with Crippen LogP contribution in [-0.2, 0) is 0 Å². The van der Waals surface area contributed by atoms with Crippen molar-refractivity contribution in [1.29, 1.82) is 0 Å². The first-order valence-electron chi connectivity index (χ1n) is 6.37. The van der Waals surface area contributed by atoms with Gasteiger partial charge in [-0.15, -0.1) is 0 Å². The van der Waals surface area contributed by atoms with E-state index in [-0.39, 0.29) is 5.56 Å². The van der Waals surface area contributed by atoms with E-state index in [9.17, 15) is 4.79 Å². The van der Waals surface area contributed by atoms with E-state index in [1.54, 1.807) is 12.3 Å². The maximum absolute atomic E-state index is 11.3. The number of aromatic nitrogens is 2. The lowest BCUT2D eigenvalue weighted by Gasteiger charge is -2.26. The summed E-state index contributed by atoms with van der Waals surface area (Å²) < 4.78 is 0. The fourth-order valence-corrected chi connectivity index (χ4v) is 2.98. The Labute approximate surface area is 100 Å². The van der Waals surface area contributed by atoms with Gasteiger partial charge in [-0.3, -0.25) is 9.69 Å². The number of H-pyrrole nitrogens is 1. The molecule has 92 valence electrons. The minimum Gasteiger partial charge on any atom is -0.368 e. The molecule has 0 radical (unpaired) electrons. The molecule has 5 nitrogen and oxygen atoms in total. The highest BCUT2D eigenvalue weighted by Crippen LogP contribution is 2.23. The second-order valence-corrected chi connectivity index (χ2v) is 4.94. The molecular formula is C12H18N4O. The second-order valence-electron chi connectivity index (χ2n) is 4.94. The van der Waals surface area contributed by atoms with Gasteiger partial charge in [0.1, 0.15) is 0 Å². The van der Waals surface area contributed by atoms with E-state index in [4.69, 9.17) is 0 Å². The fraction of sp³-hybridized carbons (Fsp3) is 0.667. The molecule has 1 aromatic heterocycles. The van der Waals surface area contributed by atoms with Crippen molar-refractivity contribution >= 4 is 5.69 Å². The molecular weight excluding hydrogens is 216 g/mol. The van der Waals surface area contributed by atoms with Gasteiger partial charge in [0.2, 0.25) is 0 Å². The number of hydrogen-bond donors (Lipinski definition) is 1. The van der Waals surface area contributed by atoms with E-state index in [0.29, 0.717) is 6.04 Å². The SMILES string of the molecule is O=c1cc(N2CCCN3CCCC3C2)cn[nH]1. The van der Waals surface area contributed by atoms with Gasteiger partial charge in [-0.05, 0) is 25.8 Å². The average molecular weight is 234 g/mol. The molecule has 2 fully saturated rings. The van der Waals surface area contributed by atoms with Gasteiger partial charge in [0.25, 0.3) is 5.56 Å². The lowest BCUT2D eigenvalue weighted by molar-refractivity contribution is 0.273. The normalized spacial score (nSPS) is 25.6. The molecule has 0 amide bonds. The number of fused-ring (bicyclic) bond motifs is 1. The van der Waals surface area contributed by atoms with Crippen molar-refractivity contribution in [2.75, 3.05) is 31.1 Å². The van der Waals surface area contributed by atoms with E-state index in [1.807, 2.05) is 0 Å². The number of nitrogens with zero attached hydrogens (tertiary/aromatic N) is 3. The van der Waals surface area contributed by atoms with Crippen molar-refractivity contribution in [2.45, 2.75) is 25.3 Å². The Balaban J connectivity index is 1.81. The van der Waals surface area contributed by atoms with Crippen molar-refractivity contribution in [3.8, 4) is 0 Å². The highest BCUT2D eigenvalue weighted by molar-refractivity contribution is 5.43. The molecule has 0 aromatic carbocycles. The van der Waals surface area contributed by atoms with Crippen LogP contribution in [0.1, 0.15) is 19.3 Å². The van der Waals surface area contributed by atoms with Crippen LogP contribution in [0, 0.1) is 0 Å². The highest BCUT2D eigenvalue weighted by Gasteiger charge is 2.28. The zero-order valence-corrected chi connectivity index (χ0v) is 9.93. The summed E-state index contributed by atoms with van der Waals surface area (Å²) in [7, 11) is 0. The molecule has 5 heteroatoms. The molecule has 0 bridgehead atoms. The Morgan fingerprint density at radius 2 is 2.18 bits per heavy atom. The summed E-state index contributed by atoms with van der Waals surface area (Å²) in [5.41, 5.74) is 0.845. The van der Waals surface area contributed by atoms with Crippen LogP contribution in [0.2, 0.25) is 0 Å². The minimum absolute atomic E-state index is 0.116. The third-order valence-electron chi connectivity index (χ3n) is 3.82. The van der Waals surface area contributed by atoms with Gasteiger partial charge in [-0.2, -0.15) is 5.10 Å². The van der Waals surface area contributed by atoms with Gasteiger partial charge in [0.05, 0.1) is 11.9 Å². The van der Waals surface area contributed by atoms with Crippen LogP contribution in [0.5, 0.6) is 0 Å². The van der Waals surface area contributed by atoms with Crippen molar-refractivity contribution in [1.82, 2.24) is 15.1 Å². The zero-order chi connectivity index (χ0) is 11.7. The molecule has 17 heavy (non-hydrogen) atoms. The second kappa shape index (κ2) is 4.49. The largest absolute Gasteiger partial charge is 0.368 e. The standard InChI is InChI=1S/C12H18N4O/c17-12-7-11(8-13-14-12)16-6-2-5-15-4-1-3-10(15)9-16/h7-8,10H,1-6,9H2,(H,14,17). The van der Waals surface area contributed by atoms with Crippen LogP contribution in [0.25, 0.3) is 0 Å². The van der Waals surface area contributed by atoms with Crippen molar-refractivity contribution in [3.63, 3.8) is 0 Å². The van der Waals surface area contributed by atoms with Gasteiger partial charge in [0, 0.05) is 31.7 Å². The van der Waals surface area contributed by atoms with E-state index < -0.39 is 0 Å². The molecule has 1 N–H and O–H groups in total. The zero-order valence-electron chi connectivity index (χ0n) is 9.93. The lowest BCUT2D eigenvalue weighted by Crippen LogP contribution is -2.37. The molecule has 2 saturated heterocycles. The van der Waals surface area contributed by atoms with Gasteiger partial charge < -0.3 is 4.90 Å². The van der Waals surface area contributed by atoms with E-state index in [1.165, 1.54) is 32.4 Å². The maximum Gasteiger partial charge on any atom is 0.266 e. The topological polar surface area (TPSA) is 52.2 Å². The third-order valence-corrected chi connectivity index (χ3v) is 3.82. The Kier molecular flexibility index (Phi) is 2.84. The summed E-state index contributed by atoms with van der Waals surface area (Å²) in [6.07, 6.45) is 5.52. The molecule has 0 spiro atoms. The number of aromatic amines is 1. The lowest BCUT2D eigenvalue weighted by atomic mass is 10.2. The van der Waals surface area contributed by atoms with Gasteiger partial charge in [0.15, 0.2) is 0 Å². The summed E-state index contributed by atoms with van der Waals surface area (Å²) in [5.74, 6) is 0. The fourth-order valence-electron chi connectivity index (χ4n) is 2.98. The molecule has 2 aliphatic heterocycles. The van der Waals surface area contributed by atoms with E-state index >= 15 is 0 Å². The van der Waals surface area contributed by atoms with Gasteiger partial charge in [-0.25, -0.2) is 5.10 Å². The molecule has 0 saturated carbocycles. The summed E-state index contributed by atoms with van der Waals surface area (Å²) >= 11 is 0. The number of hydrogen-bond acceptors (Lipinski definition) is 4. The van der Waals surface area contributed by atoms with Crippen LogP contribution in [0.15, 0.2) is 17.1 Å². The van der Waals surface area contributed by atoms with Crippen LogP contribution in [0.3, 0.4) is 0 Å². The van der Waals surface area contributed by atoms with Crippen molar-refractivity contribution < 1.29 is 0 Å². The Hall–Kier alpha value is -1.36. The highest BCUT2D eigenvalue weighted by atomic mass is 16.1. The van der Waals surface area contributed by atoms with Crippen LogP contribution in [0.4, 0.5) is 5.69 Å². The Bertz CT molecular complexity index is 444. The molecule has 0 aliphatic carbocycles. The molecule has 3 rings (SSSR count). The Morgan fingerprint density at radius 1 is 1.29 bits per heavy atom. The minimum atomic E-state index is -0.116. The molecule has 3 heterocycles. The van der Waals surface area contributed by atoms with E-state index in [2.05, 4.69) is 20.0 Å². The summed E-state index contributed by atoms with van der Waals surface area (Å²) in [4.78, 5) is 16.2. The number of rotatable bonds is 1. The quantitative estimate of drug-likeness (QED) is 0.766. The first-order valence-corrected chi connectivity index (χ1v) is 6.37. The smallest absolute Gasteiger partial charge is 0.266 e. The molecule has 1 aromatic rings. The van der Waals surface area contributed by atoms with E-state index in [0.717, 1.165) is 18.8 Å². The maximum atomic E-state index is 11.3. The van der Waals surface area contributed by atoms with Crippen molar-refractivity contribution in [3.05, 3.63) is 22.6 Å². The molecule has 1 atom stereocenters. The van der Waals surface area contributed by atoms with Crippen LogP contribution >= 0.6 is 0 Å². The molecule has 2 aliphatic rings. The number of nitrogens with one attached hydrogen (secondary N) is 1.